The third-order valence-electron chi connectivity index (χ3n) is 4.13. The Kier molecular flexibility index (Phi) is 2.82. The van der Waals surface area contributed by atoms with E-state index in [1.54, 1.807) is 6.07 Å². The average molecular weight is 249 g/mol. The summed E-state index contributed by atoms with van der Waals surface area (Å²) in [5.74, 6) is -0.936. The molecule has 3 rings (SSSR count). The summed E-state index contributed by atoms with van der Waals surface area (Å²) in [7, 11) is 0. The van der Waals surface area contributed by atoms with Crippen LogP contribution in [0.2, 0.25) is 0 Å². The maximum absolute atomic E-state index is 13.2. The Bertz CT molecular complexity index is 489. The number of carbonyl (C=O) groups is 1. The van der Waals surface area contributed by atoms with E-state index in [0.29, 0.717) is 0 Å². The highest BCUT2D eigenvalue weighted by atomic mass is 19.1. The monoisotopic (exact) mass is 249 g/mol. The van der Waals surface area contributed by atoms with Crippen LogP contribution in [0.25, 0.3) is 0 Å². The van der Waals surface area contributed by atoms with Gasteiger partial charge in [-0.15, -0.1) is 0 Å². The Labute approximate surface area is 105 Å². The predicted octanol–water partition coefficient (Wildman–Crippen LogP) is 2.36. The fraction of sp³-hybridized carbons (Fsp3) is 0.500. The molecule has 3 nitrogen and oxygen atoms in total. The van der Waals surface area contributed by atoms with E-state index in [1.165, 1.54) is 6.07 Å². The number of likely N-dealkylation sites (tertiary alicyclic amines) is 1. The quantitative estimate of drug-likeness (QED) is 0.874. The molecule has 0 bridgehead atoms. The minimum absolute atomic E-state index is 0.157. The van der Waals surface area contributed by atoms with Crippen LogP contribution in [0.4, 0.5) is 4.39 Å². The molecule has 1 aromatic rings. The van der Waals surface area contributed by atoms with E-state index in [1.807, 2.05) is 6.07 Å². The molecule has 1 saturated heterocycles. The number of fused-ring (bicyclic) bond motifs is 1. The zero-order valence-electron chi connectivity index (χ0n) is 10.1. The number of carboxylic acids is 1. The summed E-state index contributed by atoms with van der Waals surface area (Å²) in [6.07, 6.45) is 3.41. The van der Waals surface area contributed by atoms with Gasteiger partial charge in [0.15, 0.2) is 0 Å². The molecule has 1 aliphatic carbocycles. The summed E-state index contributed by atoms with van der Waals surface area (Å²) < 4.78 is 13.2. The summed E-state index contributed by atoms with van der Waals surface area (Å²) in [4.78, 5) is 13.3. The van der Waals surface area contributed by atoms with Gasteiger partial charge in [0.1, 0.15) is 11.9 Å². The zero-order chi connectivity index (χ0) is 12.7. The van der Waals surface area contributed by atoms with Crippen LogP contribution in [0, 0.1) is 5.82 Å². The Morgan fingerprint density at radius 1 is 1.39 bits per heavy atom. The molecule has 0 aromatic heterocycles. The molecule has 2 unspecified atom stereocenters. The van der Waals surface area contributed by atoms with Crippen LogP contribution >= 0.6 is 0 Å². The highest BCUT2D eigenvalue weighted by Gasteiger charge is 2.38. The van der Waals surface area contributed by atoms with E-state index in [2.05, 4.69) is 4.90 Å². The Hall–Kier alpha value is -1.42. The summed E-state index contributed by atoms with van der Waals surface area (Å²) in [6, 6.07) is 4.67. The van der Waals surface area contributed by atoms with Gasteiger partial charge in [-0.05, 0) is 55.5 Å². The largest absolute Gasteiger partial charge is 0.480 e. The van der Waals surface area contributed by atoms with Crippen molar-refractivity contribution in [2.45, 2.75) is 37.8 Å². The van der Waals surface area contributed by atoms with Crippen molar-refractivity contribution in [1.82, 2.24) is 4.90 Å². The van der Waals surface area contributed by atoms with Gasteiger partial charge in [-0.1, -0.05) is 6.07 Å². The summed E-state index contributed by atoms with van der Waals surface area (Å²) in [5.41, 5.74) is 2.15. The van der Waals surface area contributed by atoms with Crippen molar-refractivity contribution in [3.05, 3.63) is 35.1 Å². The average Bonchev–Trinajstić information content (AvgIpc) is 2.92. The first-order valence-electron chi connectivity index (χ1n) is 6.43. The number of benzene rings is 1. The predicted molar refractivity (Wildman–Crippen MR) is 64.8 cm³/mol. The molecule has 0 saturated carbocycles. The summed E-state index contributed by atoms with van der Waals surface area (Å²) in [6.45, 7) is 0.832. The van der Waals surface area contributed by atoms with Gasteiger partial charge >= 0.3 is 5.97 Å². The fourth-order valence-corrected chi connectivity index (χ4v) is 3.34. The molecular weight excluding hydrogens is 233 g/mol. The number of halogens is 1. The van der Waals surface area contributed by atoms with Crippen LogP contribution in [0.5, 0.6) is 0 Å². The number of aryl methyl sites for hydroxylation is 1. The lowest BCUT2D eigenvalue weighted by Gasteiger charge is -2.28. The van der Waals surface area contributed by atoms with Crippen LogP contribution in [-0.4, -0.2) is 28.6 Å². The van der Waals surface area contributed by atoms with E-state index < -0.39 is 5.97 Å². The topological polar surface area (TPSA) is 40.5 Å². The lowest BCUT2D eigenvalue weighted by molar-refractivity contribution is -0.143. The molecule has 1 aromatic carbocycles. The molecule has 0 amide bonds. The van der Waals surface area contributed by atoms with E-state index in [-0.39, 0.29) is 17.9 Å². The van der Waals surface area contributed by atoms with Crippen LogP contribution in [-0.2, 0) is 11.2 Å². The van der Waals surface area contributed by atoms with Gasteiger partial charge in [0.05, 0.1) is 0 Å². The number of rotatable bonds is 2. The van der Waals surface area contributed by atoms with Gasteiger partial charge in [0, 0.05) is 6.04 Å². The van der Waals surface area contributed by atoms with Crippen molar-refractivity contribution >= 4 is 5.97 Å². The molecule has 1 heterocycles. The van der Waals surface area contributed by atoms with Crippen molar-refractivity contribution in [2.24, 2.45) is 0 Å². The first-order valence-corrected chi connectivity index (χ1v) is 6.43. The molecule has 4 heteroatoms. The maximum atomic E-state index is 13.2. The Morgan fingerprint density at radius 2 is 2.22 bits per heavy atom. The Morgan fingerprint density at radius 3 is 3.00 bits per heavy atom. The molecule has 1 N–H and O–H groups in total. The molecule has 0 radical (unpaired) electrons. The van der Waals surface area contributed by atoms with Gasteiger partial charge in [-0.25, -0.2) is 4.39 Å². The molecule has 0 spiro atoms. The van der Waals surface area contributed by atoms with Gasteiger partial charge in [0.2, 0.25) is 0 Å². The molecule has 2 aliphatic rings. The first-order chi connectivity index (χ1) is 8.66. The smallest absolute Gasteiger partial charge is 0.320 e. The SMILES string of the molecule is O=C(O)C1CCCN1C1CCc2cc(F)ccc21. The number of nitrogens with zero attached hydrogens (tertiary/aromatic N) is 1. The third kappa shape index (κ3) is 1.81. The number of aliphatic carboxylic acids is 1. The lowest BCUT2D eigenvalue weighted by Crippen LogP contribution is -2.38. The second-order valence-electron chi connectivity index (χ2n) is 5.13. The zero-order valence-corrected chi connectivity index (χ0v) is 10.1. The van der Waals surface area contributed by atoms with Gasteiger partial charge in [0.25, 0.3) is 0 Å². The fourth-order valence-electron chi connectivity index (χ4n) is 3.34. The maximum Gasteiger partial charge on any atom is 0.320 e. The van der Waals surface area contributed by atoms with Gasteiger partial charge < -0.3 is 5.11 Å². The van der Waals surface area contributed by atoms with E-state index >= 15 is 0 Å². The van der Waals surface area contributed by atoms with Crippen molar-refractivity contribution in [3.8, 4) is 0 Å². The van der Waals surface area contributed by atoms with Crippen LogP contribution in [0.15, 0.2) is 18.2 Å². The normalized spacial score (nSPS) is 27.4. The summed E-state index contributed by atoms with van der Waals surface area (Å²) >= 11 is 0. The standard InChI is InChI=1S/C14H16FNO2/c15-10-4-5-11-9(8-10)3-6-12(11)16-7-1-2-13(16)14(17)18/h4-5,8,12-13H,1-3,6-7H2,(H,17,18). The van der Waals surface area contributed by atoms with E-state index in [0.717, 1.165) is 43.4 Å². The molecule has 1 fully saturated rings. The Balaban J connectivity index is 1.90. The highest BCUT2D eigenvalue weighted by molar-refractivity contribution is 5.74. The molecule has 96 valence electrons. The number of hydrogen-bond donors (Lipinski definition) is 1. The van der Waals surface area contributed by atoms with E-state index in [9.17, 15) is 14.3 Å². The van der Waals surface area contributed by atoms with Crippen LogP contribution < -0.4 is 0 Å². The third-order valence-corrected chi connectivity index (χ3v) is 4.13. The van der Waals surface area contributed by atoms with Gasteiger partial charge in [-0.2, -0.15) is 0 Å². The van der Waals surface area contributed by atoms with Crippen molar-refractivity contribution in [2.75, 3.05) is 6.54 Å². The molecule has 2 atom stereocenters. The summed E-state index contributed by atoms with van der Waals surface area (Å²) in [5, 5.41) is 9.23. The van der Waals surface area contributed by atoms with Crippen molar-refractivity contribution in [3.63, 3.8) is 0 Å². The number of carboxylic acid groups (broad SMARTS) is 1. The first kappa shape index (κ1) is 11.7. The van der Waals surface area contributed by atoms with Crippen LogP contribution in [0.3, 0.4) is 0 Å². The highest BCUT2D eigenvalue weighted by Crippen LogP contribution is 2.39. The van der Waals surface area contributed by atoms with Crippen LogP contribution in [0.1, 0.15) is 36.4 Å². The van der Waals surface area contributed by atoms with Gasteiger partial charge in [-0.3, -0.25) is 9.69 Å². The molecular formula is C14H16FNO2. The molecule has 1 aliphatic heterocycles. The minimum Gasteiger partial charge on any atom is -0.480 e. The second kappa shape index (κ2) is 4.35. The lowest BCUT2D eigenvalue weighted by atomic mass is 10.1. The van der Waals surface area contributed by atoms with Crippen molar-refractivity contribution < 1.29 is 14.3 Å². The molecule has 18 heavy (non-hydrogen) atoms. The minimum atomic E-state index is -0.733. The van der Waals surface area contributed by atoms with Crippen molar-refractivity contribution in [1.29, 1.82) is 0 Å². The second-order valence-corrected chi connectivity index (χ2v) is 5.13. The van der Waals surface area contributed by atoms with E-state index in [4.69, 9.17) is 0 Å². The number of hydrogen-bond acceptors (Lipinski definition) is 2.